The van der Waals surface area contributed by atoms with E-state index in [1.807, 2.05) is 42.5 Å². The fourth-order valence-corrected chi connectivity index (χ4v) is 3.54. The van der Waals surface area contributed by atoms with E-state index in [9.17, 15) is 4.79 Å². The zero-order valence-corrected chi connectivity index (χ0v) is 13.7. The molecule has 120 valence electrons. The first-order valence-corrected chi connectivity index (χ1v) is 8.59. The molecule has 0 bridgehead atoms. The fourth-order valence-electron chi connectivity index (χ4n) is 2.96. The number of nitrogens with zero attached hydrogens (tertiary/aromatic N) is 2. The van der Waals surface area contributed by atoms with Gasteiger partial charge in [-0.2, -0.15) is 9.36 Å². The minimum Gasteiger partial charge on any atom is -0.334 e. The third kappa shape index (κ3) is 3.14. The molecule has 1 aliphatic carbocycles. The summed E-state index contributed by atoms with van der Waals surface area (Å²) in [6, 6.07) is 17.9. The second kappa shape index (κ2) is 6.41. The number of carbonyl (C=O) groups is 1. The maximum Gasteiger partial charge on any atom is 0.321 e. The summed E-state index contributed by atoms with van der Waals surface area (Å²) in [7, 11) is 0. The summed E-state index contributed by atoms with van der Waals surface area (Å²) in [5.41, 5.74) is 3.56. The molecule has 2 amide bonds. The zero-order valence-electron chi connectivity index (χ0n) is 12.9. The van der Waals surface area contributed by atoms with Crippen molar-refractivity contribution in [2.24, 2.45) is 0 Å². The largest absolute Gasteiger partial charge is 0.334 e. The number of rotatable bonds is 3. The van der Waals surface area contributed by atoms with Gasteiger partial charge in [0, 0.05) is 23.1 Å². The Balaban J connectivity index is 1.37. The van der Waals surface area contributed by atoms with E-state index in [-0.39, 0.29) is 12.1 Å². The molecule has 0 fully saturated rings. The van der Waals surface area contributed by atoms with Crippen molar-refractivity contribution in [1.29, 1.82) is 0 Å². The van der Waals surface area contributed by atoms with Crippen molar-refractivity contribution in [2.75, 3.05) is 5.32 Å². The molecule has 2 aromatic carbocycles. The third-order valence-electron chi connectivity index (χ3n) is 4.06. The number of amides is 2. The Hall–Kier alpha value is -2.73. The highest BCUT2D eigenvalue weighted by atomic mass is 32.1. The van der Waals surface area contributed by atoms with E-state index in [1.54, 1.807) is 0 Å². The van der Waals surface area contributed by atoms with E-state index in [2.05, 4.69) is 32.1 Å². The molecule has 24 heavy (non-hydrogen) atoms. The molecule has 3 aromatic rings. The number of aromatic nitrogens is 2. The third-order valence-corrected chi connectivity index (χ3v) is 4.70. The molecule has 6 heteroatoms. The van der Waals surface area contributed by atoms with Gasteiger partial charge in [-0.1, -0.05) is 54.6 Å². The molecule has 0 saturated heterocycles. The first kappa shape index (κ1) is 14.8. The van der Waals surface area contributed by atoms with Crippen LogP contribution in [0.3, 0.4) is 0 Å². The van der Waals surface area contributed by atoms with Crippen molar-refractivity contribution >= 4 is 22.7 Å². The van der Waals surface area contributed by atoms with Gasteiger partial charge in [0.15, 0.2) is 5.82 Å². The highest BCUT2D eigenvalue weighted by Crippen LogP contribution is 2.23. The Kier molecular flexibility index (Phi) is 3.96. The maximum atomic E-state index is 12.2. The standard InChI is InChI=1S/C18H16N4OS/c23-17(19-15-10-13-8-4-5-9-14(13)11-15)21-18-20-16(22-24-18)12-6-2-1-3-7-12/h1-9,15H,10-11H2,(H2,19,20,21,22,23). The number of urea groups is 1. The molecule has 1 aromatic heterocycles. The predicted octanol–water partition coefficient (Wildman–Crippen LogP) is 3.49. The van der Waals surface area contributed by atoms with Crippen molar-refractivity contribution < 1.29 is 4.79 Å². The van der Waals surface area contributed by atoms with Gasteiger partial charge in [0.2, 0.25) is 5.13 Å². The van der Waals surface area contributed by atoms with Crippen molar-refractivity contribution in [1.82, 2.24) is 14.7 Å². The number of benzene rings is 2. The Labute approximate surface area is 143 Å². The number of nitrogens with one attached hydrogen (secondary N) is 2. The summed E-state index contributed by atoms with van der Waals surface area (Å²) in [5, 5.41) is 6.29. The summed E-state index contributed by atoms with van der Waals surface area (Å²) in [4.78, 5) is 16.6. The van der Waals surface area contributed by atoms with Crippen LogP contribution < -0.4 is 10.6 Å². The minimum atomic E-state index is -0.233. The molecule has 0 spiro atoms. The number of anilines is 1. The van der Waals surface area contributed by atoms with Gasteiger partial charge in [-0.3, -0.25) is 5.32 Å². The molecule has 1 heterocycles. The average molecular weight is 336 g/mol. The second-order valence-electron chi connectivity index (χ2n) is 5.76. The van der Waals surface area contributed by atoms with Gasteiger partial charge < -0.3 is 5.32 Å². The Morgan fingerprint density at radius 2 is 1.67 bits per heavy atom. The molecule has 0 unspecified atom stereocenters. The Bertz CT molecular complexity index is 837. The fraction of sp³-hybridized carbons (Fsp3) is 0.167. The topological polar surface area (TPSA) is 66.9 Å². The summed E-state index contributed by atoms with van der Waals surface area (Å²) in [6.45, 7) is 0. The lowest BCUT2D eigenvalue weighted by Crippen LogP contribution is -2.38. The molecule has 0 atom stereocenters. The minimum absolute atomic E-state index is 0.129. The first-order chi connectivity index (χ1) is 11.8. The van der Waals surface area contributed by atoms with Crippen molar-refractivity contribution in [3.63, 3.8) is 0 Å². The van der Waals surface area contributed by atoms with E-state index in [0.717, 1.165) is 18.4 Å². The molecule has 5 nitrogen and oxygen atoms in total. The van der Waals surface area contributed by atoms with E-state index < -0.39 is 0 Å². The van der Waals surface area contributed by atoms with Crippen molar-refractivity contribution in [3.05, 3.63) is 65.7 Å². The maximum absolute atomic E-state index is 12.2. The average Bonchev–Trinajstić information content (AvgIpc) is 3.21. The van der Waals surface area contributed by atoms with E-state index in [1.165, 1.54) is 22.7 Å². The quantitative estimate of drug-likeness (QED) is 0.769. The van der Waals surface area contributed by atoms with Gasteiger partial charge in [-0.25, -0.2) is 4.79 Å². The number of hydrogen-bond donors (Lipinski definition) is 2. The van der Waals surface area contributed by atoms with Gasteiger partial charge in [0.1, 0.15) is 0 Å². The van der Waals surface area contributed by atoms with Gasteiger partial charge in [0.25, 0.3) is 0 Å². The molecule has 0 saturated carbocycles. The van der Waals surface area contributed by atoms with Gasteiger partial charge in [-0.15, -0.1) is 0 Å². The van der Waals surface area contributed by atoms with E-state index in [0.29, 0.717) is 11.0 Å². The SMILES string of the molecule is O=C(Nc1nc(-c2ccccc2)ns1)NC1Cc2ccccc2C1. The molecule has 0 radical (unpaired) electrons. The first-order valence-electron chi connectivity index (χ1n) is 7.81. The summed E-state index contributed by atoms with van der Waals surface area (Å²) < 4.78 is 4.29. The van der Waals surface area contributed by atoms with Crippen LogP contribution in [0.15, 0.2) is 54.6 Å². The normalized spacial score (nSPS) is 13.5. The highest BCUT2D eigenvalue weighted by molar-refractivity contribution is 7.10. The van der Waals surface area contributed by atoms with Crippen LogP contribution in [0.2, 0.25) is 0 Å². The molecular formula is C18H16N4OS. The van der Waals surface area contributed by atoms with Crippen LogP contribution in [0, 0.1) is 0 Å². The van der Waals surface area contributed by atoms with Crippen molar-refractivity contribution in [3.8, 4) is 11.4 Å². The lowest BCUT2D eigenvalue weighted by atomic mass is 10.1. The molecule has 2 N–H and O–H groups in total. The van der Waals surface area contributed by atoms with Gasteiger partial charge in [0.05, 0.1) is 0 Å². The van der Waals surface area contributed by atoms with E-state index >= 15 is 0 Å². The smallest absolute Gasteiger partial charge is 0.321 e. The van der Waals surface area contributed by atoms with Crippen molar-refractivity contribution in [2.45, 2.75) is 18.9 Å². The van der Waals surface area contributed by atoms with Crippen LogP contribution in [-0.4, -0.2) is 21.4 Å². The van der Waals surface area contributed by atoms with Crippen LogP contribution in [0.25, 0.3) is 11.4 Å². The summed E-state index contributed by atoms with van der Waals surface area (Å²) in [5.74, 6) is 0.629. The highest BCUT2D eigenvalue weighted by Gasteiger charge is 2.22. The zero-order chi connectivity index (χ0) is 16.4. The van der Waals surface area contributed by atoms with Crippen LogP contribution in [-0.2, 0) is 12.8 Å². The summed E-state index contributed by atoms with van der Waals surface area (Å²) in [6.07, 6.45) is 1.74. The van der Waals surface area contributed by atoms with Crippen LogP contribution in [0.5, 0.6) is 0 Å². The molecule has 0 aliphatic heterocycles. The number of fused-ring (bicyclic) bond motifs is 1. The molecule has 1 aliphatic rings. The van der Waals surface area contributed by atoms with E-state index in [4.69, 9.17) is 0 Å². The van der Waals surface area contributed by atoms with Gasteiger partial charge in [-0.05, 0) is 24.0 Å². The van der Waals surface area contributed by atoms with Crippen LogP contribution in [0.4, 0.5) is 9.93 Å². The monoisotopic (exact) mass is 336 g/mol. The van der Waals surface area contributed by atoms with Gasteiger partial charge >= 0.3 is 6.03 Å². The molecular weight excluding hydrogens is 320 g/mol. The lowest BCUT2D eigenvalue weighted by molar-refractivity contribution is 0.249. The second-order valence-corrected chi connectivity index (χ2v) is 6.51. The number of carbonyl (C=O) groups excluding carboxylic acids is 1. The lowest BCUT2D eigenvalue weighted by Gasteiger charge is -2.11. The Morgan fingerprint density at radius 3 is 2.38 bits per heavy atom. The van der Waals surface area contributed by atoms with Crippen LogP contribution >= 0.6 is 11.5 Å². The predicted molar refractivity (Wildman–Crippen MR) is 95.1 cm³/mol. The number of hydrogen-bond acceptors (Lipinski definition) is 4. The Morgan fingerprint density at radius 1 is 1.00 bits per heavy atom. The molecule has 4 rings (SSSR count). The van der Waals surface area contributed by atoms with Crippen LogP contribution in [0.1, 0.15) is 11.1 Å². The summed E-state index contributed by atoms with van der Waals surface area (Å²) >= 11 is 1.18.